The molecule has 0 radical (unpaired) electrons. The van der Waals surface area contributed by atoms with Gasteiger partial charge in [-0.15, -0.1) is 0 Å². The lowest BCUT2D eigenvalue weighted by molar-refractivity contribution is -0.158. The van der Waals surface area contributed by atoms with Crippen LogP contribution >= 0.6 is 23.2 Å². The van der Waals surface area contributed by atoms with E-state index >= 15 is 0 Å². The number of ether oxygens (including phenoxy) is 4. The highest BCUT2D eigenvalue weighted by Crippen LogP contribution is 2.43. The van der Waals surface area contributed by atoms with Gasteiger partial charge in [-0.05, 0) is 141 Å². The van der Waals surface area contributed by atoms with Crippen molar-refractivity contribution >= 4 is 59.1 Å². The minimum atomic E-state index is -1.21. The van der Waals surface area contributed by atoms with Crippen LogP contribution in [0.25, 0.3) is 33.4 Å². The summed E-state index contributed by atoms with van der Waals surface area (Å²) in [6.07, 6.45) is -1.25. The lowest BCUT2D eigenvalue weighted by Gasteiger charge is -2.33. The zero-order valence-electron chi connectivity index (χ0n) is 43.5. The first kappa shape index (κ1) is 55.2. The normalized spacial score (nSPS) is 14.8. The highest BCUT2D eigenvalue weighted by molar-refractivity contribution is 6.39. The molecule has 14 nitrogen and oxygen atoms in total. The molecule has 0 aromatic heterocycles. The number of hydrogen-bond acceptors (Lipinski definition) is 10. The molecule has 4 aromatic carbocycles. The van der Waals surface area contributed by atoms with Gasteiger partial charge >= 0.3 is 24.1 Å². The Morgan fingerprint density at radius 1 is 0.486 bits per heavy atom. The number of esters is 2. The second-order valence-corrected chi connectivity index (χ2v) is 23.1. The number of carbonyl (C=O) groups is 6. The molecule has 0 bridgehead atoms. The molecule has 16 heteroatoms. The van der Waals surface area contributed by atoms with Crippen LogP contribution in [0.5, 0.6) is 0 Å². The predicted molar refractivity (Wildman–Crippen MR) is 278 cm³/mol. The zero-order chi connectivity index (χ0) is 53.1. The van der Waals surface area contributed by atoms with Crippen molar-refractivity contribution in [3.05, 3.63) is 105 Å². The van der Waals surface area contributed by atoms with E-state index < -0.39 is 70.4 Å². The van der Waals surface area contributed by atoms with E-state index in [1.165, 1.54) is 0 Å². The molecular formula is C56H68Cl2N4O10. The SMILES string of the molecule is CC(C)(C)OC(=O)C[C@H](NC(=O)OC(C)(C)C)C(=O)N1CCc2ccc(-c3cccc(-c4cccc(-c5ccc6c(c5)CN(C(=O)[C@H](CC(=O)OC(C)(C)C)NC(=O)OC(C)(C)C)CC6)c4Cl)c3Cl)cc2C1. The van der Waals surface area contributed by atoms with Crippen molar-refractivity contribution in [2.75, 3.05) is 13.1 Å². The molecule has 2 heterocycles. The number of halogens is 2. The molecule has 2 aliphatic heterocycles. The van der Waals surface area contributed by atoms with Gasteiger partial charge in [0.05, 0.1) is 22.9 Å². The Labute approximate surface area is 433 Å². The van der Waals surface area contributed by atoms with Crippen molar-refractivity contribution in [2.24, 2.45) is 0 Å². The van der Waals surface area contributed by atoms with E-state index in [0.717, 1.165) is 44.5 Å². The zero-order valence-corrected chi connectivity index (χ0v) is 45.0. The summed E-state index contributed by atoms with van der Waals surface area (Å²) in [5.74, 6) is -2.12. The van der Waals surface area contributed by atoms with Crippen molar-refractivity contribution in [3.8, 4) is 33.4 Å². The Kier molecular flexibility index (Phi) is 16.8. The quantitative estimate of drug-likeness (QED) is 0.109. The van der Waals surface area contributed by atoms with Crippen molar-refractivity contribution < 1.29 is 47.7 Å². The first-order chi connectivity index (χ1) is 33.4. The number of rotatable bonds is 11. The summed E-state index contributed by atoms with van der Waals surface area (Å²) in [7, 11) is 0. The third-order valence-corrected chi connectivity index (χ3v) is 12.3. The number of fused-ring (bicyclic) bond motifs is 2. The van der Waals surface area contributed by atoms with Gasteiger partial charge in [0.15, 0.2) is 0 Å². The molecule has 0 unspecified atom stereocenters. The van der Waals surface area contributed by atoms with Crippen LogP contribution in [0.1, 0.15) is 118 Å². The van der Waals surface area contributed by atoms with Crippen LogP contribution in [-0.2, 0) is 64.1 Å². The molecule has 386 valence electrons. The van der Waals surface area contributed by atoms with E-state index in [0.29, 0.717) is 47.1 Å². The average molecular weight is 1030 g/mol. The van der Waals surface area contributed by atoms with Crippen molar-refractivity contribution in [2.45, 2.75) is 156 Å². The van der Waals surface area contributed by atoms with Crippen molar-refractivity contribution in [1.82, 2.24) is 20.4 Å². The monoisotopic (exact) mass is 1030 g/mol. The number of hydrogen-bond donors (Lipinski definition) is 2. The summed E-state index contributed by atoms with van der Waals surface area (Å²) in [5, 5.41) is 6.18. The Morgan fingerprint density at radius 2 is 0.819 bits per heavy atom. The second kappa shape index (κ2) is 21.9. The fourth-order valence-corrected chi connectivity index (χ4v) is 9.27. The summed E-state index contributed by atoms with van der Waals surface area (Å²) < 4.78 is 21.9. The summed E-state index contributed by atoms with van der Waals surface area (Å²) >= 11 is 14.6. The number of carbonyl (C=O) groups excluding carboxylic acids is 6. The van der Waals surface area contributed by atoms with Crippen LogP contribution in [0, 0.1) is 0 Å². The lowest BCUT2D eigenvalue weighted by atomic mass is 9.91. The summed E-state index contributed by atoms with van der Waals surface area (Å²) in [4.78, 5) is 83.2. The third-order valence-electron chi connectivity index (χ3n) is 11.5. The Morgan fingerprint density at radius 3 is 1.15 bits per heavy atom. The maximum atomic E-state index is 14.1. The van der Waals surface area contributed by atoms with Crippen LogP contribution in [0.4, 0.5) is 9.59 Å². The standard InChI is InChI=1S/C56H68Cl2N4O10/c1-53(2,3)69-45(63)29-43(59-51(67)71-55(7,8)9)49(65)61-25-23-33-19-21-35(27-37(33)31-61)39-15-13-17-41(47(39)57)42-18-14-16-40(48(42)58)36-22-20-34-24-26-62(32-38(34)28-36)50(66)44(30-46(64)70-54(4,5)6)60-52(68)72-56(10,11)12/h13-22,27-28,43-44H,23-26,29-32H2,1-12H3,(H,59,67)(H,60,68)/t43-,44-/m0/s1. The molecule has 6 rings (SSSR count). The smallest absolute Gasteiger partial charge is 0.408 e. The molecule has 0 saturated carbocycles. The van der Waals surface area contributed by atoms with E-state index in [4.69, 9.17) is 42.1 Å². The maximum Gasteiger partial charge on any atom is 0.408 e. The molecular weight excluding hydrogens is 960 g/mol. The molecule has 0 saturated heterocycles. The van der Waals surface area contributed by atoms with Gasteiger partial charge in [0.1, 0.15) is 34.5 Å². The molecule has 2 aliphatic rings. The molecule has 2 N–H and O–H groups in total. The van der Waals surface area contributed by atoms with Crippen molar-refractivity contribution in [1.29, 1.82) is 0 Å². The second-order valence-electron chi connectivity index (χ2n) is 22.3. The van der Waals surface area contributed by atoms with E-state index in [1.54, 1.807) is 92.9 Å². The largest absolute Gasteiger partial charge is 0.460 e. The summed E-state index contributed by atoms with van der Waals surface area (Å²) in [6.45, 7) is 21.9. The van der Waals surface area contributed by atoms with Crippen LogP contribution < -0.4 is 10.6 Å². The predicted octanol–water partition coefficient (Wildman–Crippen LogP) is 11.0. The number of nitrogens with zero attached hydrogens (tertiary/aromatic N) is 2. The van der Waals surface area contributed by atoms with Crippen LogP contribution in [-0.4, -0.2) is 93.3 Å². The van der Waals surface area contributed by atoms with Gasteiger partial charge in [-0.25, -0.2) is 9.59 Å². The Hall–Kier alpha value is -6.12. The van der Waals surface area contributed by atoms with Gasteiger partial charge in [0.25, 0.3) is 0 Å². The Bertz CT molecular complexity index is 2480. The van der Waals surface area contributed by atoms with Gasteiger partial charge in [0.2, 0.25) is 11.8 Å². The number of benzene rings is 4. The molecule has 72 heavy (non-hydrogen) atoms. The van der Waals surface area contributed by atoms with E-state index in [1.807, 2.05) is 72.8 Å². The Balaban J connectivity index is 1.23. The highest BCUT2D eigenvalue weighted by Gasteiger charge is 2.35. The topological polar surface area (TPSA) is 170 Å². The fraction of sp³-hybridized carbons (Fsp3) is 0.464. The van der Waals surface area contributed by atoms with Gasteiger partial charge in [-0.1, -0.05) is 83.9 Å². The van der Waals surface area contributed by atoms with Gasteiger partial charge in [0, 0.05) is 48.4 Å². The van der Waals surface area contributed by atoms with E-state index in [9.17, 15) is 28.8 Å². The third kappa shape index (κ3) is 15.0. The number of alkyl carbamates (subject to hydrolysis) is 2. The first-order valence-corrected chi connectivity index (χ1v) is 25.0. The molecule has 0 fully saturated rings. The molecule has 2 atom stereocenters. The van der Waals surface area contributed by atoms with Gasteiger partial charge < -0.3 is 39.4 Å². The van der Waals surface area contributed by atoms with Crippen LogP contribution in [0.2, 0.25) is 10.0 Å². The van der Waals surface area contributed by atoms with Crippen LogP contribution in [0.3, 0.4) is 0 Å². The molecule has 4 aromatic rings. The first-order valence-electron chi connectivity index (χ1n) is 24.3. The fourth-order valence-electron chi connectivity index (χ4n) is 8.59. The van der Waals surface area contributed by atoms with Crippen LogP contribution in [0.15, 0.2) is 72.8 Å². The number of amides is 4. The maximum absolute atomic E-state index is 14.1. The minimum Gasteiger partial charge on any atom is -0.460 e. The molecule has 4 amide bonds. The highest BCUT2D eigenvalue weighted by atomic mass is 35.5. The summed E-state index contributed by atoms with van der Waals surface area (Å²) in [6, 6.07) is 21.2. The minimum absolute atomic E-state index is 0.232. The molecule has 0 spiro atoms. The number of nitrogens with one attached hydrogen (secondary N) is 2. The van der Waals surface area contributed by atoms with Gasteiger partial charge in [-0.3, -0.25) is 19.2 Å². The van der Waals surface area contributed by atoms with Gasteiger partial charge in [-0.2, -0.15) is 0 Å². The van der Waals surface area contributed by atoms with Crippen molar-refractivity contribution in [3.63, 3.8) is 0 Å². The summed E-state index contributed by atoms with van der Waals surface area (Å²) in [5.41, 5.74) is 5.25. The average Bonchev–Trinajstić information content (AvgIpc) is 3.25. The van der Waals surface area contributed by atoms with E-state index in [-0.39, 0.29) is 25.9 Å². The lowest BCUT2D eigenvalue weighted by Crippen LogP contribution is -2.52. The van der Waals surface area contributed by atoms with E-state index in [2.05, 4.69) is 10.6 Å². The molecule has 0 aliphatic carbocycles.